The zero-order chi connectivity index (χ0) is 9.97. The molecule has 0 saturated carbocycles. The van der Waals surface area contributed by atoms with Crippen LogP contribution >= 0.6 is 0 Å². The van der Waals surface area contributed by atoms with Gasteiger partial charge in [-0.3, -0.25) is 9.89 Å². The van der Waals surface area contributed by atoms with E-state index in [0.717, 1.165) is 17.4 Å². The molecule has 0 atom stereocenters. The number of aryl methyl sites for hydroxylation is 1. The normalized spacial score (nSPS) is 10.1. The maximum atomic E-state index is 10.7. The summed E-state index contributed by atoms with van der Waals surface area (Å²) in [6.07, 6.45) is 2.44. The fourth-order valence-electron chi connectivity index (χ4n) is 1.35. The molecular formula is C11H10N2O. The van der Waals surface area contributed by atoms with E-state index >= 15 is 0 Å². The molecule has 0 unspecified atom stereocenters. The average molecular weight is 186 g/mol. The number of aromatic nitrogens is 2. The number of H-pyrrole nitrogens is 1. The van der Waals surface area contributed by atoms with Crippen molar-refractivity contribution >= 4 is 6.29 Å². The first-order valence-corrected chi connectivity index (χ1v) is 4.37. The molecule has 0 aliphatic carbocycles. The molecule has 1 aromatic heterocycles. The summed E-state index contributed by atoms with van der Waals surface area (Å²) in [6.45, 7) is 2.03. The van der Waals surface area contributed by atoms with E-state index in [1.54, 1.807) is 6.20 Å². The van der Waals surface area contributed by atoms with E-state index in [1.165, 1.54) is 5.56 Å². The van der Waals surface area contributed by atoms with Crippen LogP contribution < -0.4 is 0 Å². The summed E-state index contributed by atoms with van der Waals surface area (Å²) in [6, 6.07) is 7.98. The molecule has 1 heterocycles. The molecule has 70 valence electrons. The molecule has 1 N–H and O–H groups in total. The van der Waals surface area contributed by atoms with Gasteiger partial charge in [0.1, 0.15) is 5.69 Å². The third-order valence-corrected chi connectivity index (χ3v) is 2.15. The van der Waals surface area contributed by atoms with Crippen molar-refractivity contribution in [3.8, 4) is 11.1 Å². The Morgan fingerprint density at radius 1 is 1.29 bits per heavy atom. The number of hydrogen-bond donors (Lipinski definition) is 1. The lowest BCUT2D eigenvalue weighted by atomic mass is 10.1. The second-order valence-corrected chi connectivity index (χ2v) is 3.18. The van der Waals surface area contributed by atoms with Crippen molar-refractivity contribution in [1.29, 1.82) is 0 Å². The van der Waals surface area contributed by atoms with Crippen molar-refractivity contribution in [2.24, 2.45) is 0 Å². The Bertz CT molecular complexity index is 443. The molecule has 3 nitrogen and oxygen atoms in total. The Kier molecular flexibility index (Phi) is 2.14. The highest BCUT2D eigenvalue weighted by atomic mass is 16.1. The van der Waals surface area contributed by atoms with Gasteiger partial charge in [0, 0.05) is 5.56 Å². The predicted octanol–water partition coefficient (Wildman–Crippen LogP) is 2.20. The first kappa shape index (κ1) is 8.69. The van der Waals surface area contributed by atoms with Gasteiger partial charge in [-0.25, -0.2) is 0 Å². The highest BCUT2D eigenvalue weighted by molar-refractivity contribution is 5.84. The van der Waals surface area contributed by atoms with Crippen LogP contribution in [0.2, 0.25) is 0 Å². The van der Waals surface area contributed by atoms with Crippen LogP contribution in [0.1, 0.15) is 16.1 Å². The maximum absolute atomic E-state index is 10.7. The summed E-state index contributed by atoms with van der Waals surface area (Å²) < 4.78 is 0. The summed E-state index contributed by atoms with van der Waals surface area (Å²) >= 11 is 0. The van der Waals surface area contributed by atoms with Crippen molar-refractivity contribution in [1.82, 2.24) is 10.2 Å². The summed E-state index contributed by atoms with van der Waals surface area (Å²) in [5.74, 6) is 0. The van der Waals surface area contributed by atoms with Crippen molar-refractivity contribution < 1.29 is 4.79 Å². The Hall–Kier alpha value is -1.90. The number of nitrogens with one attached hydrogen (secondary N) is 1. The first-order chi connectivity index (χ1) is 6.81. The monoisotopic (exact) mass is 186 g/mol. The van der Waals surface area contributed by atoms with Crippen LogP contribution in [0.5, 0.6) is 0 Å². The van der Waals surface area contributed by atoms with Crippen LogP contribution in [-0.2, 0) is 0 Å². The number of aldehydes is 1. The molecule has 0 spiro atoms. The Morgan fingerprint density at radius 3 is 2.64 bits per heavy atom. The fourth-order valence-corrected chi connectivity index (χ4v) is 1.35. The number of benzene rings is 1. The van der Waals surface area contributed by atoms with Crippen LogP contribution in [0.3, 0.4) is 0 Å². The quantitative estimate of drug-likeness (QED) is 0.731. The molecule has 0 bridgehead atoms. The third-order valence-electron chi connectivity index (χ3n) is 2.15. The number of rotatable bonds is 2. The molecule has 0 aliphatic heterocycles. The number of hydrogen-bond acceptors (Lipinski definition) is 2. The van der Waals surface area contributed by atoms with Crippen molar-refractivity contribution in [2.45, 2.75) is 6.92 Å². The van der Waals surface area contributed by atoms with Crippen LogP contribution in [-0.4, -0.2) is 16.5 Å². The van der Waals surface area contributed by atoms with E-state index in [0.29, 0.717) is 5.69 Å². The van der Waals surface area contributed by atoms with E-state index in [1.807, 2.05) is 31.2 Å². The van der Waals surface area contributed by atoms with Crippen molar-refractivity contribution in [3.63, 3.8) is 0 Å². The Morgan fingerprint density at radius 2 is 2.00 bits per heavy atom. The zero-order valence-electron chi connectivity index (χ0n) is 7.82. The second-order valence-electron chi connectivity index (χ2n) is 3.18. The smallest absolute Gasteiger partial charge is 0.168 e. The third kappa shape index (κ3) is 1.44. The maximum Gasteiger partial charge on any atom is 0.168 e. The highest BCUT2D eigenvalue weighted by Crippen LogP contribution is 2.20. The molecule has 2 aromatic rings. The lowest BCUT2D eigenvalue weighted by molar-refractivity contribution is 0.111. The number of carbonyl (C=O) groups is 1. The van der Waals surface area contributed by atoms with E-state index in [2.05, 4.69) is 10.2 Å². The lowest BCUT2D eigenvalue weighted by Crippen LogP contribution is -1.84. The van der Waals surface area contributed by atoms with E-state index in [-0.39, 0.29) is 0 Å². The average Bonchev–Trinajstić information content (AvgIpc) is 2.67. The predicted molar refractivity (Wildman–Crippen MR) is 54.1 cm³/mol. The molecule has 0 aliphatic rings. The van der Waals surface area contributed by atoms with Gasteiger partial charge >= 0.3 is 0 Å². The first-order valence-electron chi connectivity index (χ1n) is 4.37. The van der Waals surface area contributed by atoms with Gasteiger partial charge in [0.05, 0.1) is 6.20 Å². The van der Waals surface area contributed by atoms with Gasteiger partial charge in [-0.05, 0) is 12.5 Å². The molecule has 0 saturated heterocycles. The topological polar surface area (TPSA) is 45.8 Å². The molecule has 1 aromatic carbocycles. The van der Waals surface area contributed by atoms with Gasteiger partial charge in [-0.15, -0.1) is 0 Å². The van der Waals surface area contributed by atoms with Gasteiger partial charge in [0.15, 0.2) is 6.29 Å². The second kappa shape index (κ2) is 3.46. The molecule has 14 heavy (non-hydrogen) atoms. The minimum Gasteiger partial charge on any atom is -0.296 e. The van der Waals surface area contributed by atoms with E-state index < -0.39 is 0 Å². The minimum absolute atomic E-state index is 0.522. The van der Waals surface area contributed by atoms with E-state index in [9.17, 15) is 4.79 Å². The Balaban J connectivity index is 2.49. The fraction of sp³-hybridized carbons (Fsp3) is 0.0909. The van der Waals surface area contributed by atoms with Crippen LogP contribution in [0.25, 0.3) is 11.1 Å². The van der Waals surface area contributed by atoms with Crippen molar-refractivity contribution in [3.05, 3.63) is 41.7 Å². The minimum atomic E-state index is 0.522. The van der Waals surface area contributed by atoms with Crippen LogP contribution in [0.15, 0.2) is 30.5 Å². The zero-order valence-corrected chi connectivity index (χ0v) is 7.82. The lowest BCUT2D eigenvalue weighted by Gasteiger charge is -1.98. The summed E-state index contributed by atoms with van der Waals surface area (Å²) in [5.41, 5.74) is 3.57. The van der Waals surface area contributed by atoms with Crippen LogP contribution in [0.4, 0.5) is 0 Å². The molecule has 0 radical (unpaired) electrons. The van der Waals surface area contributed by atoms with Gasteiger partial charge in [0.25, 0.3) is 0 Å². The van der Waals surface area contributed by atoms with Gasteiger partial charge in [-0.2, -0.15) is 5.10 Å². The van der Waals surface area contributed by atoms with Crippen LogP contribution in [0, 0.1) is 6.92 Å². The SMILES string of the molecule is Cc1ccc(-c2cn[nH]c2C=O)cc1. The number of nitrogens with zero attached hydrogens (tertiary/aromatic N) is 1. The number of carbonyl (C=O) groups excluding carboxylic acids is 1. The Labute approximate surface area is 81.8 Å². The van der Waals surface area contributed by atoms with Crippen molar-refractivity contribution in [2.75, 3.05) is 0 Å². The highest BCUT2D eigenvalue weighted by Gasteiger charge is 2.05. The summed E-state index contributed by atoms with van der Waals surface area (Å²) in [7, 11) is 0. The van der Waals surface area contributed by atoms with Gasteiger partial charge in [0.2, 0.25) is 0 Å². The van der Waals surface area contributed by atoms with E-state index in [4.69, 9.17) is 0 Å². The van der Waals surface area contributed by atoms with Gasteiger partial charge in [-0.1, -0.05) is 29.8 Å². The largest absolute Gasteiger partial charge is 0.296 e. The number of aromatic amines is 1. The summed E-state index contributed by atoms with van der Waals surface area (Å²) in [4.78, 5) is 10.7. The summed E-state index contributed by atoms with van der Waals surface area (Å²) in [5, 5.41) is 6.49. The molecule has 2 rings (SSSR count). The van der Waals surface area contributed by atoms with Gasteiger partial charge < -0.3 is 0 Å². The molecular weight excluding hydrogens is 176 g/mol. The standard InChI is InChI=1S/C11H10N2O/c1-8-2-4-9(5-3-8)10-6-12-13-11(10)7-14/h2-7H,1H3,(H,12,13). The molecule has 0 amide bonds. The molecule has 0 fully saturated rings. The molecule has 3 heteroatoms.